The summed E-state index contributed by atoms with van der Waals surface area (Å²) in [5.41, 5.74) is 1.16. The summed E-state index contributed by atoms with van der Waals surface area (Å²) in [6.07, 6.45) is 3.37. The second-order valence-electron chi connectivity index (χ2n) is 5.40. The van der Waals surface area contributed by atoms with Crippen LogP contribution >= 0.6 is 0 Å². The Bertz CT molecular complexity index is 636. The van der Waals surface area contributed by atoms with Gasteiger partial charge < -0.3 is 15.5 Å². The molecule has 2 aromatic heterocycles. The topological polar surface area (TPSA) is 95.3 Å². The van der Waals surface area contributed by atoms with E-state index in [2.05, 4.69) is 15.3 Å². The van der Waals surface area contributed by atoms with E-state index < -0.39 is 18.2 Å². The van der Waals surface area contributed by atoms with Crippen LogP contribution in [0.25, 0.3) is 0 Å². The third-order valence-electron chi connectivity index (χ3n) is 4.00. The fraction of sp³-hybridized carbons (Fsp3) is 0.312. The number of amides is 1. The first-order valence-corrected chi connectivity index (χ1v) is 7.15. The molecule has 22 heavy (non-hydrogen) atoms. The van der Waals surface area contributed by atoms with Crippen molar-refractivity contribution in [3.05, 3.63) is 60.2 Å². The number of hydrogen-bond donors (Lipinski definition) is 3. The molecule has 4 atom stereocenters. The lowest BCUT2D eigenvalue weighted by atomic mass is 9.95. The molecule has 1 saturated carbocycles. The van der Waals surface area contributed by atoms with E-state index in [0.717, 1.165) is 5.56 Å². The third kappa shape index (κ3) is 2.84. The van der Waals surface area contributed by atoms with Gasteiger partial charge in [-0.25, -0.2) is 0 Å². The van der Waals surface area contributed by atoms with Crippen LogP contribution in [0.2, 0.25) is 0 Å². The molecule has 1 aliphatic rings. The zero-order chi connectivity index (χ0) is 15.5. The van der Waals surface area contributed by atoms with Crippen LogP contribution in [0.4, 0.5) is 0 Å². The average molecular weight is 299 g/mol. The van der Waals surface area contributed by atoms with Crippen molar-refractivity contribution in [3.63, 3.8) is 0 Å². The molecule has 3 N–H and O–H groups in total. The van der Waals surface area contributed by atoms with Gasteiger partial charge in [0.1, 0.15) is 11.8 Å². The maximum Gasteiger partial charge on any atom is 0.270 e. The monoisotopic (exact) mass is 299 g/mol. The largest absolute Gasteiger partial charge is 0.390 e. The van der Waals surface area contributed by atoms with Gasteiger partial charge in [-0.15, -0.1) is 0 Å². The fourth-order valence-corrected chi connectivity index (χ4v) is 2.87. The number of hydrogen-bond acceptors (Lipinski definition) is 5. The number of carbonyl (C=O) groups excluding carboxylic acids is 1. The Morgan fingerprint density at radius 3 is 2.73 bits per heavy atom. The van der Waals surface area contributed by atoms with Gasteiger partial charge in [0.05, 0.1) is 12.1 Å². The highest BCUT2D eigenvalue weighted by atomic mass is 16.3. The predicted molar refractivity (Wildman–Crippen MR) is 79.1 cm³/mol. The highest BCUT2D eigenvalue weighted by Crippen LogP contribution is 2.35. The van der Waals surface area contributed by atoms with Crippen LogP contribution in [0.15, 0.2) is 48.9 Å². The quantitative estimate of drug-likeness (QED) is 0.766. The van der Waals surface area contributed by atoms with Crippen molar-refractivity contribution in [2.45, 2.75) is 30.6 Å². The molecule has 6 heteroatoms. The number of pyridine rings is 2. The zero-order valence-electron chi connectivity index (χ0n) is 11.8. The van der Waals surface area contributed by atoms with Gasteiger partial charge in [-0.05, 0) is 30.2 Å². The molecule has 3 rings (SSSR count). The lowest BCUT2D eigenvalue weighted by molar-refractivity contribution is 0.0294. The molecule has 2 aromatic rings. The van der Waals surface area contributed by atoms with E-state index in [0.29, 0.717) is 6.42 Å². The minimum Gasteiger partial charge on any atom is -0.390 e. The fourth-order valence-electron chi connectivity index (χ4n) is 2.87. The van der Waals surface area contributed by atoms with Crippen molar-refractivity contribution in [1.82, 2.24) is 15.3 Å². The highest BCUT2D eigenvalue weighted by Gasteiger charge is 2.43. The van der Waals surface area contributed by atoms with Crippen molar-refractivity contribution in [2.24, 2.45) is 0 Å². The standard InChI is InChI=1S/C16H17N3O3/c20-13-8-11(10-4-3-6-17-9-10)14(15(13)21)19-16(22)12-5-1-2-7-18-12/h1-7,9,11,13-15,20-21H,8H2,(H,19,22). The van der Waals surface area contributed by atoms with Crippen molar-refractivity contribution in [3.8, 4) is 0 Å². The number of nitrogens with zero attached hydrogens (tertiary/aromatic N) is 2. The second kappa shape index (κ2) is 6.21. The van der Waals surface area contributed by atoms with Crippen molar-refractivity contribution < 1.29 is 15.0 Å². The number of rotatable bonds is 3. The molecule has 1 aliphatic carbocycles. The van der Waals surface area contributed by atoms with Gasteiger partial charge in [-0.2, -0.15) is 0 Å². The summed E-state index contributed by atoms with van der Waals surface area (Å²) in [6, 6.07) is 8.15. The Hall–Kier alpha value is -2.31. The minimum absolute atomic E-state index is 0.189. The second-order valence-corrected chi connectivity index (χ2v) is 5.40. The van der Waals surface area contributed by atoms with Crippen molar-refractivity contribution >= 4 is 5.91 Å². The van der Waals surface area contributed by atoms with E-state index >= 15 is 0 Å². The summed E-state index contributed by atoms with van der Waals surface area (Å²) in [5, 5.41) is 22.9. The SMILES string of the molecule is O=C(NC1C(c2cccnc2)CC(O)C1O)c1ccccn1. The van der Waals surface area contributed by atoms with Gasteiger partial charge in [0.25, 0.3) is 5.91 Å². The molecule has 114 valence electrons. The molecule has 0 spiro atoms. The van der Waals surface area contributed by atoms with E-state index in [1.807, 2.05) is 6.07 Å². The lowest BCUT2D eigenvalue weighted by Gasteiger charge is -2.23. The number of aliphatic hydroxyl groups is 2. The van der Waals surface area contributed by atoms with Gasteiger partial charge in [-0.3, -0.25) is 14.8 Å². The van der Waals surface area contributed by atoms with Crippen molar-refractivity contribution in [2.75, 3.05) is 0 Å². The summed E-state index contributed by atoms with van der Waals surface area (Å²) in [6.45, 7) is 0. The Morgan fingerprint density at radius 1 is 1.18 bits per heavy atom. The van der Waals surface area contributed by atoms with E-state index in [-0.39, 0.29) is 17.5 Å². The van der Waals surface area contributed by atoms with Gasteiger partial charge in [0.2, 0.25) is 0 Å². The molecule has 4 unspecified atom stereocenters. The highest BCUT2D eigenvalue weighted by molar-refractivity contribution is 5.92. The number of carbonyl (C=O) groups is 1. The Labute approximate surface area is 127 Å². The van der Waals surface area contributed by atoms with Gasteiger partial charge >= 0.3 is 0 Å². The lowest BCUT2D eigenvalue weighted by Crippen LogP contribution is -2.45. The molecule has 0 bridgehead atoms. The molecular formula is C16H17N3O3. The first-order chi connectivity index (χ1) is 10.7. The summed E-state index contributed by atoms with van der Waals surface area (Å²) in [4.78, 5) is 20.3. The van der Waals surface area contributed by atoms with Crippen LogP contribution in [-0.4, -0.2) is 44.3 Å². The third-order valence-corrected chi connectivity index (χ3v) is 4.00. The summed E-state index contributed by atoms with van der Waals surface area (Å²) < 4.78 is 0. The Morgan fingerprint density at radius 2 is 2.05 bits per heavy atom. The number of aliphatic hydroxyl groups excluding tert-OH is 2. The van der Waals surface area contributed by atoms with Crippen molar-refractivity contribution in [1.29, 1.82) is 0 Å². The van der Waals surface area contributed by atoms with Gasteiger partial charge in [-0.1, -0.05) is 12.1 Å². The Kier molecular flexibility index (Phi) is 4.13. The van der Waals surface area contributed by atoms with Crippen LogP contribution in [0, 0.1) is 0 Å². The van der Waals surface area contributed by atoms with Crippen LogP contribution in [0.1, 0.15) is 28.4 Å². The minimum atomic E-state index is -1.02. The molecule has 0 saturated heterocycles. The molecule has 0 radical (unpaired) electrons. The van der Waals surface area contributed by atoms with Gasteiger partial charge in [0.15, 0.2) is 0 Å². The number of aromatic nitrogens is 2. The van der Waals surface area contributed by atoms with Crippen LogP contribution in [0.5, 0.6) is 0 Å². The molecule has 1 amide bonds. The number of nitrogens with one attached hydrogen (secondary N) is 1. The maximum atomic E-state index is 12.2. The molecule has 0 aliphatic heterocycles. The van der Waals surface area contributed by atoms with E-state index in [1.165, 1.54) is 6.20 Å². The zero-order valence-corrected chi connectivity index (χ0v) is 11.8. The molecule has 1 fully saturated rings. The van der Waals surface area contributed by atoms with Crippen LogP contribution in [-0.2, 0) is 0 Å². The Balaban J connectivity index is 1.82. The van der Waals surface area contributed by atoms with E-state index in [9.17, 15) is 15.0 Å². The summed E-state index contributed by atoms with van der Waals surface area (Å²) >= 11 is 0. The van der Waals surface area contributed by atoms with Gasteiger partial charge in [0, 0.05) is 24.5 Å². The summed E-state index contributed by atoms with van der Waals surface area (Å²) in [5.74, 6) is -0.556. The normalized spacial score (nSPS) is 27.5. The molecule has 0 aromatic carbocycles. The smallest absolute Gasteiger partial charge is 0.270 e. The maximum absolute atomic E-state index is 12.2. The van der Waals surface area contributed by atoms with E-state index in [4.69, 9.17) is 0 Å². The average Bonchev–Trinajstić information content (AvgIpc) is 2.85. The predicted octanol–water partition coefficient (Wildman–Crippen LogP) is 0.484. The summed E-state index contributed by atoms with van der Waals surface area (Å²) in [7, 11) is 0. The van der Waals surface area contributed by atoms with E-state index in [1.54, 1.807) is 36.7 Å². The first-order valence-electron chi connectivity index (χ1n) is 7.15. The molecule has 6 nitrogen and oxygen atoms in total. The first kappa shape index (κ1) is 14.6. The molecule has 2 heterocycles. The van der Waals surface area contributed by atoms with Crippen LogP contribution < -0.4 is 5.32 Å². The molecular weight excluding hydrogens is 282 g/mol. The van der Waals surface area contributed by atoms with Crippen LogP contribution in [0.3, 0.4) is 0 Å².